The van der Waals surface area contributed by atoms with E-state index >= 15 is 0 Å². The first kappa shape index (κ1) is 19.4. The van der Waals surface area contributed by atoms with Gasteiger partial charge in [0.25, 0.3) is 5.56 Å². The molecule has 1 saturated heterocycles. The molecule has 0 radical (unpaired) electrons. The number of morpholine rings is 1. The summed E-state index contributed by atoms with van der Waals surface area (Å²) in [4.78, 5) is 24.4. The molecule has 1 fully saturated rings. The Balaban J connectivity index is 1.62. The van der Waals surface area contributed by atoms with Gasteiger partial charge >= 0.3 is 0 Å². The molecule has 1 atom stereocenters. The first-order valence-corrected chi connectivity index (χ1v) is 11.1. The van der Waals surface area contributed by atoms with Gasteiger partial charge in [-0.2, -0.15) is 0 Å². The number of thioether (sulfide) groups is 1. The predicted molar refractivity (Wildman–Crippen MR) is 113 cm³/mol. The van der Waals surface area contributed by atoms with Crippen molar-refractivity contribution < 1.29 is 4.74 Å². The highest BCUT2D eigenvalue weighted by Crippen LogP contribution is 2.35. The molecule has 1 aliphatic heterocycles. The number of fused-ring (bicyclic) bond motifs is 1. The summed E-state index contributed by atoms with van der Waals surface area (Å²) in [5.41, 5.74) is 0.946. The number of H-pyrrole nitrogens is 1. The number of thiophene rings is 1. The molecule has 10 heteroatoms. The van der Waals surface area contributed by atoms with E-state index in [2.05, 4.69) is 31.6 Å². The minimum Gasteiger partial charge on any atom is -0.378 e. The number of aromatic nitrogens is 5. The fourth-order valence-corrected chi connectivity index (χ4v) is 5.32. The normalized spacial score (nSPS) is 16.1. The molecule has 150 valence electrons. The van der Waals surface area contributed by atoms with Crippen LogP contribution in [0.1, 0.15) is 35.4 Å². The Hall–Kier alpha value is -1.91. The number of aromatic amines is 1. The maximum absolute atomic E-state index is 12.6. The third kappa shape index (κ3) is 3.44. The highest BCUT2D eigenvalue weighted by molar-refractivity contribution is 7.99. The highest BCUT2D eigenvalue weighted by atomic mass is 32.2. The second-order valence-corrected chi connectivity index (χ2v) is 9.31. The van der Waals surface area contributed by atoms with Crippen LogP contribution in [-0.4, -0.2) is 51.0 Å². The monoisotopic (exact) mass is 420 g/mol. The average Bonchev–Trinajstić information content (AvgIpc) is 3.22. The lowest BCUT2D eigenvalue weighted by atomic mass is 10.2. The second kappa shape index (κ2) is 7.84. The summed E-state index contributed by atoms with van der Waals surface area (Å²) in [5.74, 6) is 1.55. The number of anilines is 1. The second-order valence-electron chi connectivity index (χ2n) is 6.80. The molecule has 1 aliphatic rings. The quantitative estimate of drug-likeness (QED) is 0.635. The lowest BCUT2D eigenvalue weighted by Gasteiger charge is -2.27. The molecule has 0 saturated carbocycles. The molecule has 1 N–H and O–H groups in total. The molecule has 0 spiro atoms. The van der Waals surface area contributed by atoms with Gasteiger partial charge in [-0.1, -0.05) is 11.8 Å². The van der Waals surface area contributed by atoms with E-state index in [-0.39, 0.29) is 10.8 Å². The third-order valence-electron chi connectivity index (χ3n) is 5.03. The van der Waals surface area contributed by atoms with Gasteiger partial charge < -0.3 is 14.6 Å². The molecule has 28 heavy (non-hydrogen) atoms. The van der Waals surface area contributed by atoms with E-state index in [4.69, 9.17) is 9.72 Å². The summed E-state index contributed by atoms with van der Waals surface area (Å²) >= 11 is 3.13. The lowest BCUT2D eigenvalue weighted by Crippen LogP contribution is -2.38. The number of aryl methyl sites for hydroxylation is 2. The summed E-state index contributed by atoms with van der Waals surface area (Å²) in [6.45, 7) is 12.0. The van der Waals surface area contributed by atoms with Gasteiger partial charge in [-0.25, -0.2) is 4.98 Å². The lowest BCUT2D eigenvalue weighted by molar-refractivity contribution is 0.121. The van der Waals surface area contributed by atoms with Crippen molar-refractivity contribution >= 4 is 39.3 Å². The van der Waals surface area contributed by atoms with Crippen molar-refractivity contribution in [3.05, 3.63) is 26.6 Å². The first-order chi connectivity index (χ1) is 13.5. The van der Waals surface area contributed by atoms with Crippen LogP contribution < -0.4 is 10.5 Å². The van der Waals surface area contributed by atoms with Crippen LogP contribution in [0.5, 0.6) is 0 Å². The predicted octanol–water partition coefficient (Wildman–Crippen LogP) is 2.90. The Morgan fingerprint density at radius 2 is 2.04 bits per heavy atom. The number of nitrogens with one attached hydrogen (secondary N) is 1. The summed E-state index contributed by atoms with van der Waals surface area (Å²) in [6.07, 6.45) is 0. The summed E-state index contributed by atoms with van der Waals surface area (Å²) < 4.78 is 7.55. The van der Waals surface area contributed by atoms with Gasteiger partial charge in [0.15, 0.2) is 5.16 Å². The van der Waals surface area contributed by atoms with Crippen LogP contribution in [0.3, 0.4) is 0 Å². The fraction of sp³-hybridized carbons (Fsp3) is 0.556. The molecule has 0 aliphatic carbocycles. The summed E-state index contributed by atoms with van der Waals surface area (Å²) in [7, 11) is 0. The molecule has 0 aromatic carbocycles. The fourth-order valence-electron chi connectivity index (χ4n) is 3.32. The number of hydrogen-bond donors (Lipinski definition) is 1. The standard InChI is InChI=1S/C18H24N6O2S2/c1-5-24-17(23-6-8-26-9-7-23)21-22-18(24)28-12(4)14-19-15(25)13-10(2)11(3)27-16(13)20-14/h12H,5-9H2,1-4H3,(H,19,20,25)/t12-/m0/s1. The first-order valence-electron chi connectivity index (χ1n) is 9.42. The molecule has 0 unspecified atom stereocenters. The van der Waals surface area contributed by atoms with Gasteiger partial charge in [-0.05, 0) is 33.3 Å². The van der Waals surface area contributed by atoms with E-state index in [1.807, 2.05) is 20.8 Å². The van der Waals surface area contributed by atoms with Crippen LogP contribution >= 0.6 is 23.1 Å². The van der Waals surface area contributed by atoms with Crippen LogP contribution in [0.15, 0.2) is 9.95 Å². The maximum atomic E-state index is 12.6. The zero-order chi connectivity index (χ0) is 19.8. The van der Waals surface area contributed by atoms with Gasteiger partial charge in [-0.15, -0.1) is 21.5 Å². The van der Waals surface area contributed by atoms with Crippen molar-refractivity contribution in [3.63, 3.8) is 0 Å². The molecule has 3 aromatic rings. The van der Waals surface area contributed by atoms with Gasteiger partial charge in [-0.3, -0.25) is 9.36 Å². The van der Waals surface area contributed by atoms with E-state index in [1.165, 1.54) is 0 Å². The number of hydrogen-bond acceptors (Lipinski definition) is 8. The number of rotatable bonds is 5. The Morgan fingerprint density at radius 3 is 2.75 bits per heavy atom. The summed E-state index contributed by atoms with van der Waals surface area (Å²) in [6, 6.07) is 0. The Bertz CT molecular complexity index is 1050. The van der Waals surface area contributed by atoms with Crippen molar-refractivity contribution in [1.82, 2.24) is 24.7 Å². The Kier molecular flexibility index (Phi) is 5.44. The molecule has 8 nitrogen and oxygen atoms in total. The molecular formula is C18H24N6O2S2. The van der Waals surface area contributed by atoms with Crippen molar-refractivity contribution in [3.8, 4) is 0 Å². The van der Waals surface area contributed by atoms with Crippen molar-refractivity contribution in [2.45, 2.75) is 44.6 Å². The van der Waals surface area contributed by atoms with E-state index < -0.39 is 0 Å². The van der Waals surface area contributed by atoms with Crippen molar-refractivity contribution in [2.24, 2.45) is 0 Å². The van der Waals surface area contributed by atoms with Crippen molar-refractivity contribution in [1.29, 1.82) is 0 Å². The van der Waals surface area contributed by atoms with Crippen LogP contribution in [0.2, 0.25) is 0 Å². The van der Waals surface area contributed by atoms with E-state index in [9.17, 15) is 4.79 Å². The zero-order valence-corrected chi connectivity index (χ0v) is 18.1. The average molecular weight is 421 g/mol. The van der Waals surface area contributed by atoms with Gasteiger partial charge in [0.05, 0.1) is 23.8 Å². The third-order valence-corrected chi connectivity index (χ3v) is 7.22. The van der Waals surface area contributed by atoms with Crippen LogP contribution in [0.4, 0.5) is 5.95 Å². The van der Waals surface area contributed by atoms with Gasteiger partial charge in [0, 0.05) is 24.5 Å². The molecule has 0 bridgehead atoms. The van der Waals surface area contributed by atoms with E-state index in [1.54, 1.807) is 23.1 Å². The SMILES string of the molecule is CCn1c(S[C@@H](C)c2nc3sc(C)c(C)c3c(=O)[nH]2)nnc1N1CCOCC1. The minimum absolute atomic E-state index is 0.0492. The Labute approximate surface area is 171 Å². The minimum atomic E-state index is -0.0692. The molecular weight excluding hydrogens is 396 g/mol. The van der Waals surface area contributed by atoms with E-state index in [0.29, 0.717) is 24.4 Å². The molecule has 0 amide bonds. The topological polar surface area (TPSA) is 88.9 Å². The van der Waals surface area contributed by atoms with Gasteiger partial charge in [0.1, 0.15) is 10.7 Å². The number of ether oxygens (including phenoxy) is 1. The van der Waals surface area contributed by atoms with Crippen LogP contribution in [-0.2, 0) is 11.3 Å². The van der Waals surface area contributed by atoms with E-state index in [0.717, 1.165) is 46.0 Å². The number of nitrogens with zero attached hydrogens (tertiary/aromatic N) is 5. The molecule has 4 rings (SSSR count). The smallest absolute Gasteiger partial charge is 0.259 e. The van der Waals surface area contributed by atoms with Crippen molar-refractivity contribution in [2.75, 3.05) is 31.2 Å². The van der Waals surface area contributed by atoms with Gasteiger partial charge in [0.2, 0.25) is 5.95 Å². The highest BCUT2D eigenvalue weighted by Gasteiger charge is 2.23. The molecule has 3 aromatic heterocycles. The summed E-state index contributed by atoms with van der Waals surface area (Å²) in [5, 5.41) is 10.3. The largest absolute Gasteiger partial charge is 0.378 e. The zero-order valence-electron chi connectivity index (χ0n) is 16.5. The van der Waals surface area contributed by atoms with Crippen LogP contribution in [0, 0.1) is 13.8 Å². The molecule has 4 heterocycles. The Morgan fingerprint density at radius 1 is 1.29 bits per heavy atom. The van der Waals surface area contributed by atoms with Crippen LogP contribution in [0.25, 0.3) is 10.2 Å². The maximum Gasteiger partial charge on any atom is 0.259 e.